The predicted octanol–water partition coefficient (Wildman–Crippen LogP) is 3.77. The molecule has 0 spiro atoms. The van der Waals surface area contributed by atoms with E-state index in [1.807, 2.05) is 47.4 Å². The van der Waals surface area contributed by atoms with Crippen LogP contribution in [0, 0.1) is 0 Å². The van der Waals surface area contributed by atoms with Crippen molar-refractivity contribution in [2.24, 2.45) is 0 Å². The van der Waals surface area contributed by atoms with Crippen LogP contribution in [0.1, 0.15) is 43.1 Å². The first-order chi connectivity index (χ1) is 14.9. The first-order valence-corrected chi connectivity index (χ1v) is 11.2. The van der Waals surface area contributed by atoms with Crippen LogP contribution in [0.5, 0.6) is 0 Å². The van der Waals surface area contributed by atoms with Crippen LogP contribution in [0.2, 0.25) is 0 Å². The molecule has 0 bridgehead atoms. The zero-order valence-electron chi connectivity index (χ0n) is 18.7. The number of amides is 2. The van der Waals surface area contributed by atoms with E-state index in [0.717, 1.165) is 68.2 Å². The summed E-state index contributed by atoms with van der Waals surface area (Å²) in [5.74, 6) is -0.0567. The van der Waals surface area contributed by atoms with Gasteiger partial charge >= 0.3 is 0 Å². The first-order valence-electron chi connectivity index (χ1n) is 11.2. The van der Waals surface area contributed by atoms with Gasteiger partial charge in [0.05, 0.1) is 0 Å². The van der Waals surface area contributed by atoms with Gasteiger partial charge in [0.1, 0.15) is 0 Å². The maximum atomic E-state index is 12.8. The maximum Gasteiger partial charge on any atom is 0.255 e. The summed E-state index contributed by atoms with van der Waals surface area (Å²) in [5, 5.41) is 3.01. The fourth-order valence-corrected chi connectivity index (χ4v) is 4.53. The number of rotatable bonds is 4. The third kappa shape index (κ3) is 4.74. The molecule has 6 nitrogen and oxygen atoms in total. The highest BCUT2D eigenvalue weighted by molar-refractivity contribution is 6.04. The van der Waals surface area contributed by atoms with Gasteiger partial charge in [-0.2, -0.15) is 0 Å². The second kappa shape index (κ2) is 9.10. The minimum absolute atomic E-state index is 0.0587. The van der Waals surface area contributed by atoms with Crippen molar-refractivity contribution in [3.05, 3.63) is 53.6 Å². The number of aryl methyl sites for hydroxylation is 1. The Balaban J connectivity index is 1.40. The van der Waals surface area contributed by atoms with E-state index < -0.39 is 0 Å². The topological polar surface area (TPSA) is 55.9 Å². The van der Waals surface area contributed by atoms with Gasteiger partial charge in [-0.25, -0.2) is 0 Å². The van der Waals surface area contributed by atoms with Crippen molar-refractivity contribution in [3.8, 4) is 0 Å². The number of carbonyl (C=O) groups excluding carboxylic acids is 2. The van der Waals surface area contributed by atoms with Crippen LogP contribution in [0.15, 0.2) is 42.5 Å². The van der Waals surface area contributed by atoms with Gasteiger partial charge in [0.2, 0.25) is 5.91 Å². The van der Waals surface area contributed by atoms with Crippen molar-refractivity contribution in [1.29, 1.82) is 0 Å². The highest BCUT2D eigenvalue weighted by Gasteiger charge is 2.21. The molecular weight excluding hydrogens is 388 g/mol. The molecule has 2 aromatic carbocycles. The smallest absolute Gasteiger partial charge is 0.255 e. The molecule has 1 saturated heterocycles. The summed E-state index contributed by atoms with van der Waals surface area (Å²) in [6.45, 7) is 11.0. The Bertz CT molecular complexity index is 946. The van der Waals surface area contributed by atoms with E-state index in [9.17, 15) is 9.59 Å². The van der Waals surface area contributed by atoms with Gasteiger partial charge < -0.3 is 15.1 Å². The minimum Gasteiger partial charge on any atom is -0.369 e. The fourth-order valence-electron chi connectivity index (χ4n) is 4.53. The van der Waals surface area contributed by atoms with E-state index in [0.29, 0.717) is 11.6 Å². The van der Waals surface area contributed by atoms with E-state index in [1.54, 1.807) is 6.92 Å². The Morgan fingerprint density at radius 2 is 1.65 bits per heavy atom. The number of hydrogen-bond donors (Lipinski definition) is 1. The quantitative estimate of drug-likeness (QED) is 0.818. The molecule has 0 aromatic heterocycles. The number of hydrogen-bond acceptors (Lipinski definition) is 4. The summed E-state index contributed by atoms with van der Waals surface area (Å²) >= 11 is 0. The predicted molar refractivity (Wildman–Crippen MR) is 126 cm³/mol. The molecule has 2 amide bonds. The highest BCUT2D eigenvalue weighted by Crippen LogP contribution is 2.30. The lowest BCUT2D eigenvalue weighted by Gasteiger charge is -2.38. The molecular formula is C25H32N4O2. The van der Waals surface area contributed by atoms with Gasteiger partial charge in [0.15, 0.2) is 0 Å². The molecule has 0 atom stereocenters. The van der Waals surface area contributed by atoms with E-state index >= 15 is 0 Å². The van der Waals surface area contributed by atoms with Gasteiger partial charge in [0, 0.05) is 68.3 Å². The van der Waals surface area contributed by atoms with Gasteiger partial charge in [-0.05, 0) is 74.7 Å². The summed E-state index contributed by atoms with van der Waals surface area (Å²) in [6.07, 6.45) is 1.86. The maximum absolute atomic E-state index is 12.8. The molecule has 2 aromatic rings. The number of nitrogens with one attached hydrogen (secondary N) is 1. The molecule has 0 aliphatic carbocycles. The van der Waals surface area contributed by atoms with Crippen LogP contribution in [0.3, 0.4) is 0 Å². The largest absolute Gasteiger partial charge is 0.369 e. The molecule has 164 valence electrons. The van der Waals surface area contributed by atoms with Gasteiger partial charge in [-0.3, -0.25) is 14.5 Å². The van der Waals surface area contributed by atoms with Crippen LogP contribution in [-0.4, -0.2) is 55.5 Å². The van der Waals surface area contributed by atoms with E-state index in [1.165, 1.54) is 0 Å². The number of carbonyl (C=O) groups is 2. The third-order valence-corrected chi connectivity index (χ3v) is 6.38. The summed E-state index contributed by atoms with van der Waals surface area (Å²) in [5.41, 5.74) is 4.64. The summed E-state index contributed by atoms with van der Waals surface area (Å²) in [6, 6.07) is 14.3. The van der Waals surface area contributed by atoms with Crippen molar-refractivity contribution in [2.75, 3.05) is 47.8 Å². The normalized spacial score (nSPS) is 16.9. The molecule has 1 fully saturated rings. The second-order valence-corrected chi connectivity index (χ2v) is 8.74. The number of piperazine rings is 1. The molecule has 2 heterocycles. The molecule has 6 heteroatoms. The summed E-state index contributed by atoms with van der Waals surface area (Å²) in [7, 11) is 0. The average Bonchev–Trinajstić information content (AvgIpc) is 2.78. The number of fused-ring (bicyclic) bond motifs is 1. The van der Waals surface area contributed by atoms with Crippen LogP contribution >= 0.6 is 0 Å². The second-order valence-electron chi connectivity index (χ2n) is 8.74. The Labute approximate surface area is 184 Å². The lowest BCUT2D eigenvalue weighted by Crippen LogP contribution is -2.48. The summed E-state index contributed by atoms with van der Waals surface area (Å²) < 4.78 is 0. The fraction of sp³-hybridized carbons (Fsp3) is 0.440. The Morgan fingerprint density at radius 1 is 0.935 bits per heavy atom. The van der Waals surface area contributed by atoms with Gasteiger partial charge in [0.25, 0.3) is 5.91 Å². The zero-order valence-corrected chi connectivity index (χ0v) is 18.7. The van der Waals surface area contributed by atoms with E-state index in [4.69, 9.17) is 0 Å². The number of anilines is 3. The monoisotopic (exact) mass is 420 g/mol. The molecule has 0 saturated carbocycles. The molecule has 31 heavy (non-hydrogen) atoms. The van der Waals surface area contributed by atoms with Gasteiger partial charge in [-0.15, -0.1) is 0 Å². The first kappa shape index (κ1) is 21.4. The van der Waals surface area contributed by atoms with Crippen LogP contribution in [-0.2, 0) is 11.2 Å². The van der Waals surface area contributed by atoms with E-state index in [2.05, 4.69) is 29.0 Å². The van der Waals surface area contributed by atoms with Crippen molar-refractivity contribution < 1.29 is 9.59 Å². The van der Waals surface area contributed by atoms with Crippen LogP contribution in [0.25, 0.3) is 0 Å². The van der Waals surface area contributed by atoms with Crippen LogP contribution in [0.4, 0.5) is 17.1 Å². The highest BCUT2D eigenvalue weighted by atomic mass is 16.2. The van der Waals surface area contributed by atoms with E-state index in [-0.39, 0.29) is 11.8 Å². The Kier molecular flexibility index (Phi) is 6.28. The summed E-state index contributed by atoms with van der Waals surface area (Å²) in [4.78, 5) is 31.3. The standard InChI is InChI=1S/C25H32N4O2/c1-18(2)27-13-15-28(16-14-27)23-9-6-20(7-10-23)25(31)26-22-8-11-24-21(17-22)5-4-12-29(24)19(3)30/h6-11,17-18H,4-5,12-16H2,1-3H3,(H,26,31). The van der Waals surface area contributed by atoms with Crippen LogP contribution < -0.4 is 15.1 Å². The Hall–Kier alpha value is -2.86. The average molecular weight is 421 g/mol. The molecule has 2 aliphatic heterocycles. The molecule has 2 aliphatic rings. The molecule has 0 radical (unpaired) electrons. The minimum atomic E-state index is -0.115. The van der Waals surface area contributed by atoms with Gasteiger partial charge in [-0.1, -0.05) is 0 Å². The SMILES string of the molecule is CC(=O)N1CCCc2cc(NC(=O)c3ccc(N4CCN(C(C)C)CC4)cc3)ccc21. The number of benzene rings is 2. The van der Waals surface area contributed by atoms with Crippen molar-refractivity contribution in [3.63, 3.8) is 0 Å². The lowest BCUT2D eigenvalue weighted by atomic mass is 10.0. The van der Waals surface area contributed by atoms with Crippen molar-refractivity contribution in [2.45, 2.75) is 39.7 Å². The third-order valence-electron chi connectivity index (χ3n) is 6.38. The molecule has 1 N–H and O–H groups in total. The molecule has 0 unspecified atom stereocenters. The zero-order chi connectivity index (χ0) is 22.0. The molecule has 4 rings (SSSR count). The van der Waals surface area contributed by atoms with Crippen molar-refractivity contribution >= 4 is 28.9 Å². The number of nitrogens with zero attached hydrogens (tertiary/aromatic N) is 3. The lowest BCUT2D eigenvalue weighted by molar-refractivity contribution is -0.116. The Morgan fingerprint density at radius 3 is 2.29 bits per heavy atom. The van der Waals surface area contributed by atoms with Crippen molar-refractivity contribution in [1.82, 2.24) is 4.90 Å².